The van der Waals surface area contributed by atoms with Crippen molar-refractivity contribution in [3.63, 3.8) is 0 Å². The van der Waals surface area contributed by atoms with Gasteiger partial charge in [0.15, 0.2) is 0 Å². The molecule has 0 aliphatic heterocycles. The second-order valence-corrected chi connectivity index (χ2v) is 16.8. The molecule has 4 heteroatoms. The van der Waals surface area contributed by atoms with E-state index in [0.717, 1.165) is 38.5 Å². The predicted molar refractivity (Wildman–Crippen MR) is 189 cm³/mol. The maximum absolute atomic E-state index is 12.7. The molecule has 5 rings (SSSR count). The lowest BCUT2D eigenvalue weighted by Gasteiger charge is -2.59. The van der Waals surface area contributed by atoms with Gasteiger partial charge in [0.2, 0.25) is 0 Å². The van der Waals surface area contributed by atoms with Crippen LogP contribution in [0, 0.1) is 22.7 Å². The quantitative estimate of drug-likeness (QED) is 0.101. The number of aryl methyl sites for hydroxylation is 1. The summed E-state index contributed by atoms with van der Waals surface area (Å²) in [7, 11) is 0. The molecule has 1 N–H and O–H groups in total. The van der Waals surface area contributed by atoms with E-state index in [9.17, 15) is 9.90 Å². The molecule has 0 unspecified atom stereocenters. The van der Waals surface area contributed by atoms with E-state index in [1.54, 1.807) is 0 Å². The summed E-state index contributed by atoms with van der Waals surface area (Å²) in [4.78, 5) is 12.7. The van der Waals surface area contributed by atoms with Crippen molar-refractivity contribution < 1.29 is 19.1 Å². The number of hydrogen-bond donors (Lipinski definition) is 1. The molecule has 262 valence electrons. The molecule has 0 radical (unpaired) electrons. The molecule has 4 nitrogen and oxygen atoms in total. The van der Waals surface area contributed by atoms with Gasteiger partial charge in [0.05, 0.1) is 6.26 Å². The number of hydrogen-bond acceptors (Lipinski definition) is 4. The molecule has 0 amide bonds. The summed E-state index contributed by atoms with van der Waals surface area (Å²) in [6.45, 7) is 5.04. The van der Waals surface area contributed by atoms with Crippen LogP contribution in [0.2, 0.25) is 0 Å². The first-order valence-electron chi connectivity index (χ1n) is 20.3. The molecule has 1 aromatic heterocycles. The number of carbonyl (C=O) groups excluding carboxylic acids is 1. The first-order valence-corrected chi connectivity index (χ1v) is 20.3. The Kier molecular flexibility index (Phi) is 13.6. The molecular weight excluding hydrogens is 568 g/mol. The van der Waals surface area contributed by atoms with E-state index in [1.165, 1.54) is 146 Å². The van der Waals surface area contributed by atoms with Crippen LogP contribution in [-0.4, -0.2) is 23.3 Å². The van der Waals surface area contributed by atoms with Crippen molar-refractivity contribution in [1.29, 1.82) is 0 Å². The molecule has 0 aromatic carbocycles. The molecule has 1 aromatic rings. The van der Waals surface area contributed by atoms with Gasteiger partial charge in [-0.05, 0) is 91.6 Å². The number of unbranched alkanes of at least 4 members (excludes halogenated alkanes) is 18. The van der Waals surface area contributed by atoms with Crippen molar-refractivity contribution in [2.45, 2.75) is 205 Å². The zero-order valence-electron chi connectivity index (χ0n) is 30.1. The van der Waals surface area contributed by atoms with E-state index < -0.39 is 5.60 Å². The Hall–Kier alpha value is -1.29. The van der Waals surface area contributed by atoms with Crippen LogP contribution >= 0.6 is 0 Å². The van der Waals surface area contributed by atoms with Gasteiger partial charge in [0.25, 0.3) is 0 Å². The number of ether oxygens (including phenoxy) is 1. The van der Waals surface area contributed by atoms with Crippen molar-refractivity contribution >= 4 is 5.97 Å². The maximum atomic E-state index is 12.7. The summed E-state index contributed by atoms with van der Waals surface area (Å²) in [5, 5.41) is 11.9. The number of fused-ring (bicyclic) bond motifs is 5. The van der Waals surface area contributed by atoms with Gasteiger partial charge in [0, 0.05) is 12.8 Å². The van der Waals surface area contributed by atoms with Gasteiger partial charge in [0.1, 0.15) is 18.0 Å². The van der Waals surface area contributed by atoms with Crippen molar-refractivity contribution in [1.82, 2.24) is 0 Å². The van der Waals surface area contributed by atoms with Gasteiger partial charge < -0.3 is 14.3 Å². The monoisotopic (exact) mass is 639 g/mol. The van der Waals surface area contributed by atoms with Gasteiger partial charge in [-0.15, -0.1) is 0 Å². The summed E-state index contributed by atoms with van der Waals surface area (Å²) in [5.74, 6) is 2.62. The third-order valence-corrected chi connectivity index (χ3v) is 13.7. The van der Waals surface area contributed by atoms with E-state index in [-0.39, 0.29) is 29.3 Å². The maximum Gasteiger partial charge on any atom is 0.305 e. The zero-order chi connectivity index (χ0) is 32.3. The fourth-order valence-electron chi connectivity index (χ4n) is 11.1. The van der Waals surface area contributed by atoms with Crippen LogP contribution in [0.5, 0.6) is 0 Å². The smallest absolute Gasteiger partial charge is 0.305 e. The standard InChI is InChI=1S/C42H70O4/c1-3-4-5-6-7-8-9-10-11-12-13-14-15-16-17-18-19-20-21-22-39(43)46-33-42(44)32-41-29-25-36-35-27-30-45-37(35)26-28-40(36,2)38(41)24-23-34(42)31-41/h27,30,34,36,38,44H,3-26,28-29,31-33H2,1-2H3/t34-,36-,38+,40-,41+,42+/m1/s1. The Morgan fingerprint density at radius 3 is 2.02 bits per heavy atom. The lowest BCUT2D eigenvalue weighted by atomic mass is 9.45. The molecule has 3 saturated carbocycles. The molecule has 1 spiro atoms. The first kappa shape index (κ1) is 36.0. The van der Waals surface area contributed by atoms with E-state index >= 15 is 0 Å². The fraction of sp³-hybridized carbons (Fsp3) is 0.881. The highest BCUT2D eigenvalue weighted by Crippen LogP contribution is 2.72. The van der Waals surface area contributed by atoms with Crippen LogP contribution in [0.1, 0.15) is 204 Å². The normalized spacial score (nSPS) is 31.3. The average molecular weight is 639 g/mol. The first-order chi connectivity index (χ1) is 22.4. The van der Waals surface area contributed by atoms with E-state index in [2.05, 4.69) is 19.9 Å². The fourth-order valence-corrected chi connectivity index (χ4v) is 11.1. The Bertz CT molecular complexity index is 1050. The van der Waals surface area contributed by atoms with Gasteiger partial charge in [-0.2, -0.15) is 0 Å². The highest BCUT2D eigenvalue weighted by molar-refractivity contribution is 5.69. The van der Waals surface area contributed by atoms with E-state index in [1.807, 2.05) is 6.26 Å². The minimum absolute atomic E-state index is 0.105. The van der Waals surface area contributed by atoms with Gasteiger partial charge in [-0.1, -0.05) is 129 Å². The van der Waals surface area contributed by atoms with Crippen LogP contribution < -0.4 is 0 Å². The van der Waals surface area contributed by atoms with Crippen molar-refractivity contribution in [2.24, 2.45) is 22.7 Å². The number of aliphatic hydroxyl groups is 1. The molecular formula is C42H70O4. The average Bonchev–Trinajstić information content (AvgIpc) is 3.60. The molecule has 3 fully saturated rings. The van der Waals surface area contributed by atoms with E-state index in [0.29, 0.717) is 18.3 Å². The lowest BCUT2D eigenvalue weighted by Crippen LogP contribution is -2.51. The predicted octanol–water partition coefficient (Wildman–Crippen LogP) is 12.0. The second kappa shape index (κ2) is 17.4. The summed E-state index contributed by atoms with van der Waals surface area (Å²) >= 11 is 0. The molecule has 46 heavy (non-hydrogen) atoms. The van der Waals surface area contributed by atoms with Crippen molar-refractivity contribution in [3.8, 4) is 0 Å². The molecule has 4 aliphatic rings. The number of rotatable bonds is 22. The number of carbonyl (C=O) groups is 1. The Morgan fingerprint density at radius 2 is 1.41 bits per heavy atom. The molecule has 4 aliphatic carbocycles. The Balaban J connectivity index is 0.876. The SMILES string of the molecule is CCCCCCCCCCCCCCCCCCCCCC(=O)OC[C@@]1(O)C[C@@]23CC[C@@H]4c5ccoc5CC[C@@]4(C)[C@@H]2CC[C@@H]1C3. The molecule has 0 saturated heterocycles. The Morgan fingerprint density at radius 1 is 0.826 bits per heavy atom. The largest absolute Gasteiger partial charge is 0.469 e. The highest BCUT2D eigenvalue weighted by Gasteiger charge is 2.66. The van der Waals surface area contributed by atoms with Crippen LogP contribution in [0.15, 0.2) is 16.7 Å². The third kappa shape index (κ3) is 8.83. The molecule has 2 bridgehead atoms. The van der Waals surface area contributed by atoms with Gasteiger partial charge >= 0.3 is 5.97 Å². The van der Waals surface area contributed by atoms with Crippen LogP contribution in [0.25, 0.3) is 0 Å². The van der Waals surface area contributed by atoms with E-state index in [4.69, 9.17) is 9.15 Å². The number of furan rings is 1. The highest BCUT2D eigenvalue weighted by atomic mass is 16.5. The van der Waals surface area contributed by atoms with Gasteiger partial charge in [-0.3, -0.25) is 4.79 Å². The lowest BCUT2D eigenvalue weighted by molar-refractivity contribution is -0.154. The summed E-state index contributed by atoms with van der Waals surface area (Å²) in [5.41, 5.74) is 1.12. The summed E-state index contributed by atoms with van der Waals surface area (Å²) < 4.78 is 11.7. The topological polar surface area (TPSA) is 59.7 Å². The van der Waals surface area contributed by atoms with Crippen molar-refractivity contribution in [2.75, 3.05) is 6.61 Å². The van der Waals surface area contributed by atoms with Crippen LogP contribution in [0.3, 0.4) is 0 Å². The minimum atomic E-state index is -0.837. The summed E-state index contributed by atoms with van der Waals surface area (Å²) in [6, 6.07) is 2.23. The summed E-state index contributed by atoms with van der Waals surface area (Å²) in [6.07, 6.45) is 37.0. The number of esters is 1. The van der Waals surface area contributed by atoms with Crippen molar-refractivity contribution in [3.05, 3.63) is 23.7 Å². The second-order valence-electron chi connectivity index (χ2n) is 16.8. The molecule has 1 heterocycles. The van der Waals surface area contributed by atoms with Crippen LogP contribution in [0.4, 0.5) is 0 Å². The minimum Gasteiger partial charge on any atom is -0.469 e. The van der Waals surface area contributed by atoms with Gasteiger partial charge in [-0.25, -0.2) is 0 Å². The zero-order valence-corrected chi connectivity index (χ0v) is 30.1. The molecule has 6 atom stereocenters. The van der Waals surface area contributed by atoms with Crippen LogP contribution in [-0.2, 0) is 16.0 Å². The Labute approximate surface area is 282 Å². The third-order valence-electron chi connectivity index (χ3n) is 13.7.